The van der Waals surface area contributed by atoms with Crippen molar-refractivity contribution in [2.45, 2.75) is 6.54 Å². The predicted octanol–water partition coefficient (Wildman–Crippen LogP) is 1.47. The highest BCUT2D eigenvalue weighted by molar-refractivity contribution is 5.10. The average molecular weight is 177 g/mol. The van der Waals surface area contributed by atoms with E-state index in [4.69, 9.17) is 0 Å². The minimum absolute atomic E-state index is 0.315. The SMILES string of the molecule is Fc1cncc(Cn2cccn2)c1. The minimum atomic E-state index is -0.315. The molecule has 0 bridgehead atoms. The summed E-state index contributed by atoms with van der Waals surface area (Å²) in [6.45, 7) is 0.553. The molecule has 4 heteroatoms. The molecule has 66 valence electrons. The molecule has 0 N–H and O–H groups in total. The Morgan fingerprint density at radius 2 is 2.31 bits per heavy atom. The Hall–Kier alpha value is -1.71. The van der Waals surface area contributed by atoms with Crippen LogP contribution in [0.2, 0.25) is 0 Å². The largest absolute Gasteiger partial charge is 0.268 e. The van der Waals surface area contributed by atoms with Gasteiger partial charge in [0.05, 0.1) is 12.7 Å². The van der Waals surface area contributed by atoms with Crippen LogP contribution in [0.1, 0.15) is 5.56 Å². The van der Waals surface area contributed by atoms with Gasteiger partial charge in [-0.3, -0.25) is 9.67 Å². The summed E-state index contributed by atoms with van der Waals surface area (Å²) in [6, 6.07) is 3.28. The van der Waals surface area contributed by atoms with Crippen LogP contribution in [-0.4, -0.2) is 14.8 Å². The molecule has 0 aromatic carbocycles. The molecule has 2 heterocycles. The van der Waals surface area contributed by atoms with E-state index in [2.05, 4.69) is 10.1 Å². The van der Waals surface area contributed by atoms with Crippen molar-refractivity contribution in [1.29, 1.82) is 0 Å². The van der Waals surface area contributed by atoms with Crippen molar-refractivity contribution in [1.82, 2.24) is 14.8 Å². The zero-order valence-electron chi connectivity index (χ0n) is 6.89. The molecule has 3 nitrogen and oxygen atoms in total. The van der Waals surface area contributed by atoms with Gasteiger partial charge in [0.15, 0.2) is 0 Å². The molecule has 13 heavy (non-hydrogen) atoms. The maximum Gasteiger partial charge on any atom is 0.141 e. The zero-order chi connectivity index (χ0) is 9.10. The second-order valence-corrected chi connectivity index (χ2v) is 2.72. The fourth-order valence-corrected chi connectivity index (χ4v) is 1.12. The van der Waals surface area contributed by atoms with Crippen LogP contribution in [0.5, 0.6) is 0 Å². The van der Waals surface area contributed by atoms with Crippen LogP contribution in [0.25, 0.3) is 0 Å². The van der Waals surface area contributed by atoms with Crippen LogP contribution in [0.15, 0.2) is 36.9 Å². The normalized spacial score (nSPS) is 10.2. The molecule has 0 radical (unpaired) electrons. The Morgan fingerprint density at radius 1 is 1.38 bits per heavy atom. The van der Waals surface area contributed by atoms with Gasteiger partial charge in [0, 0.05) is 18.6 Å². The molecule has 2 aromatic rings. The summed E-state index contributed by atoms with van der Waals surface area (Å²) in [5, 5.41) is 4.01. The van der Waals surface area contributed by atoms with Gasteiger partial charge in [0.25, 0.3) is 0 Å². The molecule has 2 aromatic heterocycles. The standard InChI is InChI=1S/C9H8FN3/c10-9-4-8(5-11-6-9)7-13-3-1-2-12-13/h1-6H,7H2. The Kier molecular flexibility index (Phi) is 2.04. The summed E-state index contributed by atoms with van der Waals surface area (Å²) in [4.78, 5) is 3.75. The Bertz CT molecular complexity index is 384. The van der Waals surface area contributed by atoms with Crippen LogP contribution in [-0.2, 0) is 6.54 Å². The van der Waals surface area contributed by atoms with E-state index in [1.807, 2.05) is 12.3 Å². The van der Waals surface area contributed by atoms with Crippen molar-refractivity contribution in [2.75, 3.05) is 0 Å². The van der Waals surface area contributed by atoms with E-state index in [1.54, 1.807) is 17.1 Å². The van der Waals surface area contributed by atoms with Gasteiger partial charge in [-0.05, 0) is 17.7 Å². The van der Waals surface area contributed by atoms with Crippen LogP contribution < -0.4 is 0 Å². The van der Waals surface area contributed by atoms with Gasteiger partial charge < -0.3 is 0 Å². The van der Waals surface area contributed by atoms with Crippen LogP contribution in [0, 0.1) is 5.82 Å². The van der Waals surface area contributed by atoms with E-state index in [9.17, 15) is 4.39 Å². The van der Waals surface area contributed by atoms with E-state index in [-0.39, 0.29) is 5.82 Å². The highest BCUT2D eigenvalue weighted by Gasteiger charge is 1.96. The lowest BCUT2D eigenvalue weighted by molar-refractivity contribution is 0.611. The Labute approximate surface area is 74.8 Å². The van der Waals surface area contributed by atoms with Crippen molar-refractivity contribution in [2.24, 2.45) is 0 Å². The molecule has 0 atom stereocenters. The van der Waals surface area contributed by atoms with Gasteiger partial charge in [0.1, 0.15) is 5.82 Å². The molecule has 0 saturated carbocycles. The van der Waals surface area contributed by atoms with E-state index in [1.165, 1.54) is 12.3 Å². The fraction of sp³-hybridized carbons (Fsp3) is 0.111. The quantitative estimate of drug-likeness (QED) is 0.695. The highest BCUT2D eigenvalue weighted by atomic mass is 19.1. The molecular formula is C9H8FN3. The summed E-state index contributed by atoms with van der Waals surface area (Å²) in [7, 11) is 0. The maximum atomic E-state index is 12.7. The first kappa shape index (κ1) is 7.91. The number of hydrogen-bond acceptors (Lipinski definition) is 2. The average Bonchev–Trinajstić information content (AvgIpc) is 2.57. The second kappa shape index (κ2) is 3.35. The van der Waals surface area contributed by atoms with Gasteiger partial charge in [-0.2, -0.15) is 5.10 Å². The highest BCUT2D eigenvalue weighted by Crippen LogP contribution is 2.02. The lowest BCUT2D eigenvalue weighted by Crippen LogP contribution is -2.00. The number of nitrogens with zero attached hydrogens (tertiary/aromatic N) is 3. The first-order valence-electron chi connectivity index (χ1n) is 3.91. The van der Waals surface area contributed by atoms with Gasteiger partial charge in [-0.25, -0.2) is 4.39 Å². The lowest BCUT2D eigenvalue weighted by Gasteiger charge is -2.00. The van der Waals surface area contributed by atoms with E-state index < -0.39 is 0 Å². The molecule has 0 aliphatic carbocycles. The predicted molar refractivity (Wildman–Crippen MR) is 45.5 cm³/mol. The molecule has 0 aliphatic rings. The third-order valence-corrected chi connectivity index (χ3v) is 1.67. The monoisotopic (exact) mass is 177 g/mol. The number of halogens is 1. The van der Waals surface area contributed by atoms with E-state index in [0.29, 0.717) is 6.54 Å². The number of aromatic nitrogens is 3. The molecule has 0 saturated heterocycles. The van der Waals surface area contributed by atoms with Gasteiger partial charge in [-0.15, -0.1) is 0 Å². The molecular weight excluding hydrogens is 169 g/mol. The first-order valence-corrected chi connectivity index (χ1v) is 3.91. The molecule has 0 amide bonds. The van der Waals surface area contributed by atoms with Crippen LogP contribution in [0.4, 0.5) is 4.39 Å². The molecule has 2 rings (SSSR count). The third-order valence-electron chi connectivity index (χ3n) is 1.67. The summed E-state index contributed by atoms with van der Waals surface area (Å²) in [6.07, 6.45) is 6.33. The zero-order valence-corrected chi connectivity index (χ0v) is 6.89. The van der Waals surface area contributed by atoms with E-state index in [0.717, 1.165) is 5.56 Å². The Balaban J connectivity index is 2.19. The molecule has 0 spiro atoms. The van der Waals surface area contributed by atoms with Crippen molar-refractivity contribution in [3.63, 3.8) is 0 Å². The fourth-order valence-electron chi connectivity index (χ4n) is 1.12. The van der Waals surface area contributed by atoms with Crippen molar-refractivity contribution >= 4 is 0 Å². The topological polar surface area (TPSA) is 30.7 Å². The Morgan fingerprint density at radius 3 is 3.00 bits per heavy atom. The van der Waals surface area contributed by atoms with Crippen molar-refractivity contribution < 1.29 is 4.39 Å². The van der Waals surface area contributed by atoms with Crippen LogP contribution in [0.3, 0.4) is 0 Å². The maximum absolute atomic E-state index is 12.7. The second-order valence-electron chi connectivity index (χ2n) is 2.72. The summed E-state index contributed by atoms with van der Waals surface area (Å²) < 4.78 is 14.4. The summed E-state index contributed by atoms with van der Waals surface area (Å²) >= 11 is 0. The van der Waals surface area contributed by atoms with Crippen molar-refractivity contribution in [3.8, 4) is 0 Å². The van der Waals surface area contributed by atoms with Gasteiger partial charge in [-0.1, -0.05) is 0 Å². The summed E-state index contributed by atoms with van der Waals surface area (Å²) in [5.41, 5.74) is 0.809. The number of pyridine rings is 1. The van der Waals surface area contributed by atoms with Crippen LogP contribution >= 0.6 is 0 Å². The molecule has 0 fully saturated rings. The van der Waals surface area contributed by atoms with Gasteiger partial charge >= 0.3 is 0 Å². The first-order chi connectivity index (χ1) is 6.34. The smallest absolute Gasteiger partial charge is 0.141 e. The minimum Gasteiger partial charge on any atom is -0.268 e. The van der Waals surface area contributed by atoms with Gasteiger partial charge in [0.2, 0.25) is 0 Å². The number of rotatable bonds is 2. The summed E-state index contributed by atoms with van der Waals surface area (Å²) in [5.74, 6) is -0.315. The molecule has 0 unspecified atom stereocenters. The van der Waals surface area contributed by atoms with E-state index >= 15 is 0 Å². The number of hydrogen-bond donors (Lipinski definition) is 0. The molecule has 0 aliphatic heterocycles. The van der Waals surface area contributed by atoms with Crippen molar-refractivity contribution in [3.05, 3.63) is 48.3 Å². The third kappa shape index (κ3) is 1.90. The lowest BCUT2D eigenvalue weighted by atomic mass is 10.3.